The average molecular weight is 342 g/mol. The molecular formula is C13H9Cl2N3O2S. The van der Waals surface area contributed by atoms with Crippen LogP contribution in [-0.2, 0) is 0 Å². The number of anilines is 2. The maximum Gasteiger partial charge on any atom is 0.271 e. The second-order valence-corrected chi connectivity index (χ2v) is 5.26. The number of nitrogens with one attached hydrogen (secondary N) is 2. The summed E-state index contributed by atoms with van der Waals surface area (Å²) in [5, 5.41) is 17.7. The topological polar surface area (TPSA) is 67.2 Å². The van der Waals surface area contributed by atoms with Crippen LogP contribution in [0.4, 0.5) is 17.1 Å². The third-order valence-electron chi connectivity index (χ3n) is 2.49. The summed E-state index contributed by atoms with van der Waals surface area (Å²) in [6.45, 7) is 0. The highest BCUT2D eigenvalue weighted by Crippen LogP contribution is 2.25. The number of halogens is 2. The molecule has 0 unspecified atom stereocenters. The third kappa shape index (κ3) is 4.29. The van der Waals surface area contributed by atoms with E-state index < -0.39 is 4.92 Å². The highest BCUT2D eigenvalue weighted by atomic mass is 35.5. The Morgan fingerprint density at radius 2 is 1.90 bits per heavy atom. The molecular weight excluding hydrogens is 333 g/mol. The van der Waals surface area contributed by atoms with E-state index in [1.54, 1.807) is 30.3 Å². The second-order valence-electron chi connectivity index (χ2n) is 4.01. The fourth-order valence-electron chi connectivity index (χ4n) is 1.58. The van der Waals surface area contributed by atoms with Crippen LogP contribution in [0.5, 0.6) is 0 Å². The lowest BCUT2D eigenvalue weighted by atomic mass is 10.3. The average Bonchev–Trinajstić information content (AvgIpc) is 2.43. The molecule has 8 heteroatoms. The Hall–Kier alpha value is -1.89. The van der Waals surface area contributed by atoms with E-state index in [2.05, 4.69) is 10.6 Å². The number of rotatable bonds is 3. The van der Waals surface area contributed by atoms with Crippen LogP contribution in [-0.4, -0.2) is 10.0 Å². The summed E-state index contributed by atoms with van der Waals surface area (Å²) in [5.41, 5.74) is 1.02. The Morgan fingerprint density at radius 3 is 2.62 bits per heavy atom. The van der Waals surface area contributed by atoms with Crippen molar-refractivity contribution < 1.29 is 4.92 Å². The van der Waals surface area contributed by atoms with E-state index in [1.807, 2.05) is 0 Å². The van der Waals surface area contributed by atoms with Crippen molar-refractivity contribution in [1.82, 2.24) is 0 Å². The zero-order valence-electron chi connectivity index (χ0n) is 10.5. The normalized spacial score (nSPS) is 10.0. The zero-order valence-corrected chi connectivity index (χ0v) is 12.8. The van der Waals surface area contributed by atoms with Crippen molar-refractivity contribution in [3.8, 4) is 0 Å². The molecule has 0 saturated carbocycles. The van der Waals surface area contributed by atoms with Crippen LogP contribution >= 0.6 is 35.4 Å². The fourth-order valence-corrected chi connectivity index (χ4v) is 2.14. The standard InChI is InChI=1S/C13H9Cl2N3O2S/c14-8-4-5-11(15)12(6-8)17-13(21)16-9-2-1-3-10(7-9)18(19)20/h1-7H,(H2,16,17,21). The van der Waals surface area contributed by atoms with Gasteiger partial charge in [-0.15, -0.1) is 0 Å². The minimum Gasteiger partial charge on any atom is -0.332 e. The fraction of sp³-hybridized carbons (Fsp3) is 0. The van der Waals surface area contributed by atoms with E-state index in [0.717, 1.165) is 0 Å². The number of benzene rings is 2. The number of nitro benzene ring substituents is 1. The van der Waals surface area contributed by atoms with E-state index in [0.29, 0.717) is 21.4 Å². The number of hydrogen-bond donors (Lipinski definition) is 2. The van der Waals surface area contributed by atoms with Gasteiger partial charge in [0.1, 0.15) is 0 Å². The Bertz CT molecular complexity index is 710. The smallest absolute Gasteiger partial charge is 0.271 e. The van der Waals surface area contributed by atoms with E-state index in [-0.39, 0.29) is 10.8 Å². The molecule has 0 radical (unpaired) electrons. The van der Waals surface area contributed by atoms with Crippen molar-refractivity contribution in [3.05, 3.63) is 62.6 Å². The quantitative estimate of drug-likeness (QED) is 0.480. The number of nitro groups is 1. The number of thiocarbonyl (C=S) groups is 1. The van der Waals surface area contributed by atoms with Gasteiger partial charge >= 0.3 is 0 Å². The first-order valence-corrected chi connectivity index (χ1v) is 6.89. The maximum absolute atomic E-state index is 10.7. The lowest BCUT2D eigenvalue weighted by Gasteiger charge is -2.12. The molecule has 0 fully saturated rings. The van der Waals surface area contributed by atoms with Crippen molar-refractivity contribution in [2.75, 3.05) is 10.6 Å². The number of hydrogen-bond acceptors (Lipinski definition) is 3. The number of non-ortho nitro benzene ring substituents is 1. The van der Waals surface area contributed by atoms with Crippen LogP contribution in [0.15, 0.2) is 42.5 Å². The van der Waals surface area contributed by atoms with Gasteiger partial charge in [0.05, 0.1) is 15.6 Å². The summed E-state index contributed by atoms with van der Waals surface area (Å²) in [6, 6.07) is 10.9. The molecule has 21 heavy (non-hydrogen) atoms. The van der Waals surface area contributed by atoms with E-state index in [9.17, 15) is 10.1 Å². The first kappa shape index (κ1) is 15.5. The van der Waals surface area contributed by atoms with Crippen molar-refractivity contribution >= 4 is 57.6 Å². The summed E-state index contributed by atoms with van der Waals surface area (Å²) < 4.78 is 0. The molecule has 108 valence electrons. The minimum absolute atomic E-state index is 0.0245. The molecule has 0 aliphatic heterocycles. The van der Waals surface area contributed by atoms with Crippen LogP contribution in [0, 0.1) is 10.1 Å². The van der Waals surface area contributed by atoms with Gasteiger partial charge in [0.25, 0.3) is 5.69 Å². The summed E-state index contributed by atoms with van der Waals surface area (Å²) >= 11 is 17.0. The van der Waals surface area contributed by atoms with Crippen LogP contribution in [0.2, 0.25) is 10.0 Å². The monoisotopic (exact) mass is 341 g/mol. The van der Waals surface area contributed by atoms with Gasteiger partial charge < -0.3 is 10.6 Å². The van der Waals surface area contributed by atoms with Crippen molar-refractivity contribution in [3.63, 3.8) is 0 Å². The molecule has 0 heterocycles. The molecule has 0 saturated heterocycles. The van der Waals surface area contributed by atoms with Crippen LogP contribution in [0.3, 0.4) is 0 Å². The molecule has 0 aliphatic rings. The summed E-state index contributed by atoms with van der Waals surface area (Å²) in [5.74, 6) is 0. The highest BCUT2D eigenvalue weighted by molar-refractivity contribution is 7.80. The Labute approximate surface area is 136 Å². The Balaban J connectivity index is 2.10. The molecule has 2 aromatic carbocycles. The molecule has 0 atom stereocenters. The van der Waals surface area contributed by atoms with Gasteiger partial charge in [-0.05, 0) is 36.5 Å². The minimum atomic E-state index is -0.477. The predicted molar refractivity (Wildman–Crippen MR) is 89.4 cm³/mol. The largest absolute Gasteiger partial charge is 0.332 e. The first-order chi connectivity index (χ1) is 9.95. The molecule has 2 rings (SSSR count). The summed E-state index contributed by atoms with van der Waals surface area (Å²) in [7, 11) is 0. The summed E-state index contributed by atoms with van der Waals surface area (Å²) in [4.78, 5) is 10.2. The molecule has 0 aromatic heterocycles. The molecule has 5 nitrogen and oxygen atoms in total. The van der Waals surface area contributed by atoms with Crippen LogP contribution in [0.1, 0.15) is 0 Å². The molecule has 2 N–H and O–H groups in total. The van der Waals surface area contributed by atoms with Gasteiger partial charge in [-0.1, -0.05) is 29.3 Å². The molecule has 0 aliphatic carbocycles. The van der Waals surface area contributed by atoms with Gasteiger partial charge in [0.15, 0.2) is 5.11 Å². The molecule has 0 amide bonds. The molecule has 2 aromatic rings. The van der Waals surface area contributed by atoms with Gasteiger partial charge in [0.2, 0.25) is 0 Å². The molecule has 0 bridgehead atoms. The van der Waals surface area contributed by atoms with E-state index >= 15 is 0 Å². The van der Waals surface area contributed by atoms with Gasteiger partial charge in [-0.2, -0.15) is 0 Å². The second kappa shape index (κ2) is 6.71. The Kier molecular flexibility index (Phi) is 4.95. The third-order valence-corrected chi connectivity index (χ3v) is 3.26. The van der Waals surface area contributed by atoms with Gasteiger partial charge in [0, 0.05) is 22.8 Å². The predicted octanol–water partition coefficient (Wildman–Crippen LogP) is 4.71. The maximum atomic E-state index is 10.7. The number of nitrogens with zero attached hydrogens (tertiary/aromatic N) is 1. The molecule has 0 spiro atoms. The zero-order chi connectivity index (χ0) is 15.4. The van der Waals surface area contributed by atoms with Crippen molar-refractivity contribution in [2.45, 2.75) is 0 Å². The highest BCUT2D eigenvalue weighted by Gasteiger charge is 2.08. The van der Waals surface area contributed by atoms with Crippen molar-refractivity contribution in [1.29, 1.82) is 0 Å². The Morgan fingerprint density at radius 1 is 1.14 bits per heavy atom. The van der Waals surface area contributed by atoms with Gasteiger partial charge in [-0.25, -0.2) is 0 Å². The lowest BCUT2D eigenvalue weighted by Crippen LogP contribution is -2.19. The van der Waals surface area contributed by atoms with Crippen LogP contribution < -0.4 is 10.6 Å². The van der Waals surface area contributed by atoms with E-state index in [1.165, 1.54) is 12.1 Å². The SMILES string of the molecule is O=[N+]([O-])c1cccc(NC(=S)Nc2cc(Cl)ccc2Cl)c1. The van der Waals surface area contributed by atoms with Crippen LogP contribution in [0.25, 0.3) is 0 Å². The van der Waals surface area contributed by atoms with Gasteiger partial charge in [-0.3, -0.25) is 10.1 Å². The first-order valence-electron chi connectivity index (χ1n) is 5.73. The lowest BCUT2D eigenvalue weighted by molar-refractivity contribution is -0.384. The van der Waals surface area contributed by atoms with E-state index in [4.69, 9.17) is 35.4 Å². The summed E-state index contributed by atoms with van der Waals surface area (Å²) in [6.07, 6.45) is 0. The van der Waals surface area contributed by atoms with Crippen molar-refractivity contribution in [2.24, 2.45) is 0 Å².